The molecule has 1 saturated heterocycles. The third-order valence-electron chi connectivity index (χ3n) is 3.78. The van der Waals surface area contributed by atoms with Crippen LogP contribution in [-0.4, -0.2) is 65.5 Å². The summed E-state index contributed by atoms with van der Waals surface area (Å²) in [4.78, 5) is 32.3. The Kier molecular flexibility index (Phi) is 4.90. The number of aromatic nitrogens is 1. The van der Waals surface area contributed by atoms with Crippen LogP contribution in [0.2, 0.25) is 0 Å². The van der Waals surface area contributed by atoms with Crippen LogP contribution in [0.3, 0.4) is 0 Å². The molecule has 21 heavy (non-hydrogen) atoms. The number of hydrogen-bond donors (Lipinski definition) is 0. The number of hydrogen-bond acceptors (Lipinski definition) is 5. The minimum absolute atomic E-state index is 0.179. The Labute approximate surface area is 124 Å². The Bertz CT molecular complexity index is 504. The standard InChI is InChI=1S/C15H21N3O3/c1-11(2)17-7-8-18(13(10-17)15(20)21-3)14(19)12-5-4-6-16-9-12/h4-6,9,11,13H,7-8,10H2,1-3H3. The van der Waals surface area contributed by atoms with Crippen molar-refractivity contribution in [2.45, 2.75) is 25.9 Å². The highest BCUT2D eigenvalue weighted by Gasteiger charge is 2.37. The number of esters is 1. The summed E-state index contributed by atoms with van der Waals surface area (Å²) in [5.41, 5.74) is 0.490. The number of carbonyl (C=O) groups excluding carboxylic acids is 2. The molecule has 1 aromatic rings. The summed E-state index contributed by atoms with van der Waals surface area (Å²) in [5, 5.41) is 0. The van der Waals surface area contributed by atoms with Gasteiger partial charge in [-0.05, 0) is 26.0 Å². The number of nitrogens with zero attached hydrogens (tertiary/aromatic N) is 3. The number of amides is 1. The average molecular weight is 291 g/mol. The van der Waals surface area contributed by atoms with E-state index in [0.717, 1.165) is 6.54 Å². The van der Waals surface area contributed by atoms with Gasteiger partial charge >= 0.3 is 5.97 Å². The smallest absolute Gasteiger partial charge is 0.329 e. The maximum atomic E-state index is 12.6. The Morgan fingerprint density at radius 3 is 2.71 bits per heavy atom. The van der Waals surface area contributed by atoms with Crippen molar-refractivity contribution >= 4 is 11.9 Å². The zero-order valence-electron chi connectivity index (χ0n) is 12.7. The molecule has 0 N–H and O–H groups in total. The van der Waals surface area contributed by atoms with Crippen molar-refractivity contribution in [3.8, 4) is 0 Å². The fraction of sp³-hybridized carbons (Fsp3) is 0.533. The minimum atomic E-state index is -0.571. The first-order valence-electron chi connectivity index (χ1n) is 7.07. The summed E-state index contributed by atoms with van der Waals surface area (Å²) in [6.07, 6.45) is 3.14. The molecule has 1 aromatic heterocycles. The van der Waals surface area contributed by atoms with Crippen molar-refractivity contribution in [2.75, 3.05) is 26.7 Å². The lowest BCUT2D eigenvalue weighted by Crippen LogP contribution is -2.59. The molecule has 0 radical (unpaired) electrons. The van der Waals surface area contributed by atoms with Gasteiger partial charge in [-0.25, -0.2) is 4.79 Å². The number of carbonyl (C=O) groups is 2. The summed E-state index contributed by atoms with van der Waals surface area (Å²) < 4.78 is 4.86. The quantitative estimate of drug-likeness (QED) is 0.771. The van der Waals surface area contributed by atoms with Crippen LogP contribution >= 0.6 is 0 Å². The van der Waals surface area contributed by atoms with Gasteiger partial charge in [-0.15, -0.1) is 0 Å². The molecule has 1 unspecified atom stereocenters. The van der Waals surface area contributed by atoms with E-state index in [1.807, 2.05) is 0 Å². The highest BCUT2D eigenvalue weighted by atomic mass is 16.5. The second-order valence-electron chi connectivity index (χ2n) is 5.37. The predicted molar refractivity (Wildman–Crippen MR) is 77.8 cm³/mol. The SMILES string of the molecule is COC(=O)C1CN(C(C)C)CCN1C(=O)c1cccnc1. The number of piperazine rings is 1. The first-order valence-corrected chi connectivity index (χ1v) is 7.07. The van der Waals surface area contributed by atoms with Crippen molar-refractivity contribution in [1.82, 2.24) is 14.8 Å². The van der Waals surface area contributed by atoms with Gasteiger partial charge in [0.2, 0.25) is 0 Å². The number of pyridine rings is 1. The van der Waals surface area contributed by atoms with E-state index in [1.165, 1.54) is 13.3 Å². The lowest BCUT2D eigenvalue weighted by molar-refractivity contribution is -0.148. The second-order valence-corrected chi connectivity index (χ2v) is 5.37. The van der Waals surface area contributed by atoms with Crippen molar-refractivity contribution in [3.63, 3.8) is 0 Å². The minimum Gasteiger partial charge on any atom is -0.467 e. The predicted octanol–water partition coefficient (Wildman–Crippen LogP) is 0.789. The normalized spacial score (nSPS) is 19.6. The van der Waals surface area contributed by atoms with E-state index in [4.69, 9.17) is 4.74 Å². The zero-order valence-corrected chi connectivity index (χ0v) is 12.7. The molecule has 6 nitrogen and oxygen atoms in total. The van der Waals surface area contributed by atoms with Crippen molar-refractivity contribution in [1.29, 1.82) is 0 Å². The molecule has 1 amide bonds. The van der Waals surface area contributed by atoms with Crippen molar-refractivity contribution in [3.05, 3.63) is 30.1 Å². The highest BCUT2D eigenvalue weighted by Crippen LogP contribution is 2.16. The van der Waals surface area contributed by atoms with E-state index in [-0.39, 0.29) is 11.9 Å². The van der Waals surface area contributed by atoms with E-state index in [9.17, 15) is 9.59 Å². The molecule has 0 saturated carbocycles. The van der Waals surface area contributed by atoms with Crippen LogP contribution < -0.4 is 0 Å². The van der Waals surface area contributed by atoms with Crippen molar-refractivity contribution in [2.24, 2.45) is 0 Å². The van der Waals surface area contributed by atoms with Gasteiger partial charge in [-0.1, -0.05) is 0 Å². The molecule has 1 aliphatic rings. The van der Waals surface area contributed by atoms with Gasteiger partial charge in [0.25, 0.3) is 5.91 Å². The zero-order chi connectivity index (χ0) is 15.4. The van der Waals surface area contributed by atoms with Gasteiger partial charge in [-0.2, -0.15) is 0 Å². The van der Waals surface area contributed by atoms with Crippen LogP contribution in [0.25, 0.3) is 0 Å². The first-order chi connectivity index (χ1) is 10.0. The average Bonchev–Trinajstić information content (AvgIpc) is 2.53. The van der Waals surface area contributed by atoms with Gasteiger partial charge < -0.3 is 9.64 Å². The molecular weight excluding hydrogens is 270 g/mol. The lowest BCUT2D eigenvalue weighted by Gasteiger charge is -2.41. The maximum Gasteiger partial charge on any atom is 0.329 e. The summed E-state index contributed by atoms with van der Waals surface area (Å²) >= 11 is 0. The van der Waals surface area contributed by atoms with Crippen LogP contribution in [0, 0.1) is 0 Å². The van der Waals surface area contributed by atoms with Gasteiger partial charge in [0.15, 0.2) is 0 Å². The fourth-order valence-electron chi connectivity index (χ4n) is 2.51. The molecule has 6 heteroatoms. The van der Waals surface area contributed by atoms with Gasteiger partial charge in [0.1, 0.15) is 6.04 Å². The van der Waals surface area contributed by atoms with E-state index in [0.29, 0.717) is 24.7 Å². The Morgan fingerprint density at radius 1 is 1.38 bits per heavy atom. The summed E-state index contributed by atoms with van der Waals surface area (Å²) in [7, 11) is 1.35. The van der Waals surface area contributed by atoms with Gasteiger partial charge in [0.05, 0.1) is 12.7 Å². The molecule has 2 heterocycles. The topological polar surface area (TPSA) is 62.7 Å². The summed E-state index contributed by atoms with van der Waals surface area (Å²) in [6, 6.07) is 3.18. The van der Waals surface area contributed by atoms with E-state index < -0.39 is 6.04 Å². The molecule has 1 atom stereocenters. The van der Waals surface area contributed by atoms with Crippen LogP contribution in [0.4, 0.5) is 0 Å². The summed E-state index contributed by atoms with van der Waals surface area (Å²) in [6.45, 7) is 5.90. The largest absolute Gasteiger partial charge is 0.467 e. The van der Waals surface area contributed by atoms with Crippen LogP contribution in [0.5, 0.6) is 0 Å². The molecule has 1 fully saturated rings. The first kappa shape index (κ1) is 15.4. The molecular formula is C15H21N3O3. The van der Waals surface area contributed by atoms with Crippen molar-refractivity contribution < 1.29 is 14.3 Å². The molecule has 0 aromatic carbocycles. The van der Waals surface area contributed by atoms with E-state index >= 15 is 0 Å². The molecule has 0 spiro atoms. The number of methoxy groups -OCH3 is 1. The highest BCUT2D eigenvalue weighted by molar-refractivity contribution is 5.96. The third-order valence-corrected chi connectivity index (χ3v) is 3.78. The number of rotatable bonds is 3. The van der Waals surface area contributed by atoms with Crippen LogP contribution in [0.1, 0.15) is 24.2 Å². The van der Waals surface area contributed by atoms with E-state index in [2.05, 4.69) is 23.7 Å². The monoisotopic (exact) mass is 291 g/mol. The fourth-order valence-corrected chi connectivity index (χ4v) is 2.51. The van der Waals surface area contributed by atoms with Crippen LogP contribution in [0.15, 0.2) is 24.5 Å². The van der Waals surface area contributed by atoms with Crippen LogP contribution in [-0.2, 0) is 9.53 Å². The number of ether oxygens (including phenoxy) is 1. The van der Waals surface area contributed by atoms with Gasteiger partial charge in [0, 0.05) is 38.1 Å². The summed E-state index contributed by atoms with van der Waals surface area (Å²) in [5.74, 6) is -0.556. The third kappa shape index (κ3) is 3.39. The lowest BCUT2D eigenvalue weighted by atomic mass is 10.1. The Hall–Kier alpha value is -1.95. The Morgan fingerprint density at radius 2 is 2.14 bits per heavy atom. The molecule has 2 rings (SSSR count). The maximum absolute atomic E-state index is 12.6. The van der Waals surface area contributed by atoms with Gasteiger partial charge in [-0.3, -0.25) is 14.7 Å². The molecule has 1 aliphatic heterocycles. The molecule has 114 valence electrons. The Balaban J connectivity index is 2.21. The molecule has 0 bridgehead atoms. The van der Waals surface area contributed by atoms with E-state index in [1.54, 1.807) is 23.2 Å². The molecule has 0 aliphatic carbocycles. The second kappa shape index (κ2) is 6.67.